The van der Waals surface area contributed by atoms with Crippen LogP contribution in [0.5, 0.6) is 0 Å². The third kappa shape index (κ3) is 2.86. The highest BCUT2D eigenvalue weighted by molar-refractivity contribution is 5.74. The van der Waals surface area contributed by atoms with Gasteiger partial charge >= 0.3 is 0 Å². The van der Waals surface area contributed by atoms with Crippen LogP contribution in [0.3, 0.4) is 0 Å². The van der Waals surface area contributed by atoms with Crippen LogP contribution < -0.4 is 0 Å². The Balaban J connectivity index is 1.27. The van der Waals surface area contributed by atoms with Gasteiger partial charge in [-0.3, -0.25) is 4.79 Å². The van der Waals surface area contributed by atoms with Crippen LogP contribution in [0.25, 0.3) is 6.08 Å². The van der Waals surface area contributed by atoms with Gasteiger partial charge in [0.05, 0.1) is 0 Å². The third-order valence-corrected chi connectivity index (χ3v) is 7.69. The van der Waals surface area contributed by atoms with Crippen LogP contribution >= 0.6 is 0 Å². The van der Waals surface area contributed by atoms with Gasteiger partial charge in [0.15, 0.2) is 0 Å². The highest BCUT2D eigenvalue weighted by Gasteiger charge is 2.45. The molecule has 0 amide bonds. The van der Waals surface area contributed by atoms with Crippen LogP contribution in [0.15, 0.2) is 54.6 Å². The molecule has 0 bridgehead atoms. The molecule has 1 heterocycles. The third-order valence-electron chi connectivity index (χ3n) is 7.69. The standard InChI is InChI=1S/C26H29NO/c1-19-17-27(15-14-26(19)13-12-22-4-2-3-5-25(22)26)24-11-10-23(16-24)21-8-6-20(18-28)7-9-21/h2-9,12-13,18-19,23-24H,10-11,14-17H2,1H3. The summed E-state index contributed by atoms with van der Waals surface area (Å²) < 4.78 is 0. The topological polar surface area (TPSA) is 20.3 Å². The van der Waals surface area contributed by atoms with Crippen molar-refractivity contribution in [3.63, 3.8) is 0 Å². The summed E-state index contributed by atoms with van der Waals surface area (Å²) in [6, 6.07) is 17.9. The van der Waals surface area contributed by atoms with Gasteiger partial charge in [0.1, 0.15) is 6.29 Å². The smallest absolute Gasteiger partial charge is 0.150 e. The Morgan fingerprint density at radius 3 is 2.68 bits per heavy atom. The molecular formula is C26H29NO. The van der Waals surface area contributed by atoms with E-state index < -0.39 is 0 Å². The molecule has 2 heteroatoms. The first kappa shape index (κ1) is 17.9. The molecule has 4 unspecified atom stereocenters. The SMILES string of the molecule is CC1CN(C2CCC(c3ccc(C=O)cc3)C2)CCC12C=Cc1ccccc12. The number of benzene rings is 2. The first-order chi connectivity index (χ1) is 13.7. The van der Waals surface area contributed by atoms with Gasteiger partial charge in [0.2, 0.25) is 0 Å². The largest absolute Gasteiger partial charge is 0.300 e. The van der Waals surface area contributed by atoms with Crippen LogP contribution in [0.1, 0.15) is 65.6 Å². The molecule has 1 spiro atoms. The molecule has 1 saturated heterocycles. The molecule has 1 aliphatic heterocycles. The van der Waals surface area contributed by atoms with Crippen LogP contribution in [0.2, 0.25) is 0 Å². The molecule has 144 valence electrons. The zero-order valence-electron chi connectivity index (χ0n) is 16.7. The maximum atomic E-state index is 10.9. The Morgan fingerprint density at radius 1 is 1.07 bits per heavy atom. The van der Waals surface area contributed by atoms with Crippen molar-refractivity contribution in [1.82, 2.24) is 4.90 Å². The fraction of sp³-hybridized carbons (Fsp3) is 0.423. The number of aldehydes is 1. The van der Waals surface area contributed by atoms with E-state index in [0.717, 1.165) is 11.8 Å². The molecular weight excluding hydrogens is 342 g/mol. The van der Waals surface area contributed by atoms with Crippen molar-refractivity contribution in [1.29, 1.82) is 0 Å². The molecule has 3 aliphatic rings. The van der Waals surface area contributed by atoms with Gasteiger partial charge in [0.25, 0.3) is 0 Å². The summed E-state index contributed by atoms with van der Waals surface area (Å²) in [6.45, 7) is 4.84. The average molecular weight is 372 g/mol. The molecule has 4 atom stereocenters. The summed E-state index contributed by atoms with van der Waals surface area (Å²) in [5.74, 6) is 1.29. The quantitative estimate of drug-likeness (QED) is 0.670. The normalized spacial score (nSPS) is 32.0. The minimum absolute atomic E-state index is 0.246. The number of carbonyl (C=O) groups excluding carboxylic acids is 1. The monoisotopic (exact) mass is 371 g/mol. The van der Waals surface area contributed by atoms with Crippen molar-refractivity contribution in [2.75, 3.05) is 13.1 Å². The van der Waals surface area contributed by atoms with Gasteiger partial charge < -0.3 is 4.90 Å². The van der Waals surface area contributed by atoms with E-state index >= 15 is 0 Å². The van der Waals surface area contributed by atoms with Crippen molar-refractivity contribution in [3.05, 3.63) is 76.9 Å². The van der Waals surface area contributed by atoms with Crippen molar-refractivity contribution in [2.24, 2.45) is 5.92 Å². The van der Waals surface area contributed by atoms with E-state index in [9.17, 15) is 4.79 Å². The number of carbonyl (C=O) groups is 1. The molecule has 0 N–H and O–H groups in total. The van der Waals surface area contributed by atoms with E-state index in [1.54, 1.807) is 5.56 Å². The molecule has 2 aromatic carbocycles. The van der Waals surface area contributed by atoms with E-state index in [-0.39, 0.29) is 5.41 Å². The molecule has 0 radical (unpaired) electrons. The first-order valence-electron chi connectivity index (χ1n) is 10.8. The molecule has 0 aromatic heterocycles. The van der Waals surface area contributed by atoms with Gasteiger partial charge in [-0.15, -0.1) is 0 Å². The van der Waals surface area contributed by atoms with Crippen LogP contribution in [0, 0.1) is 5.92 Å². The summed E-state index contributed by atoms with van der Waals surface area (Å²) in [7, 11) is 0. The molecule has 2 fully saturated rings. The van der Waals surface area contributed by atoms with Gasteiger partial charge in [-0.1, -0.05) is 67.6 Å². The summed E-state index contributed by atoms with van der Waals surface area (Å²) in [5, 5.41) is 0. The molecule has 2 aliphatic carbocycles. The second kappa shape index (κ2) is 7.00. The van der Waals surface area contributed by atoms with Crippen LogP contribution in [0.4, 0.5) is 0 Å². The Labute approximate surface area is 168 Å². The van der Waals surface area contributed by atoms with Gasteiger partial charge in [0, 0.05) is 23.6 Å². The number of fused-ring (bicyclic) bond motifs is 2. The Morgan fingerprint density at radius 2 is 1.89 bits per heavy atom. The number of hydrogen-bond donors (Lipinski definition) is 0. The lowest BCUT2D eigenvalue weighted by molar-refractivity contribution is 0.0898. The van der Waals surface area contributed by atoms with Crippen molar-refractivity contribution >= 4 is 12.4 Å². The number of allylic oxidation sites excluding steroid dienone is 1. The Bertz CT molecular complexity index is 899. The lowest BCUT2D eigenvalue weighted by Gasteiger charge is -2.46. The van der Waals surface area contributed by atoms with E-state index in [0.29, 0.717) is 17.9 Å². The van der Waals surface area contributed by atoms with Gasteiger partial charge in [-0.05, 0) is 60.8 Å². The predicted octanol–water partition coefficient (Wildman–Crippen LogP) is 5.44. The van der Waals surface area contributed by atoms with Crippen LogP contribution in [-0.2, 0) is 5.41 Å². The number of rotatable bonds is 3. The van der Waals surface area contributed by atoms with E-state index in [2.05, 4.69) is 60.4 Å². The number of nitrogens with zero attached hydrogens (tertiary/aromatic N) is 1. The maximum Gasteiger partial charge on any atom is 0.150 e. The summed E-state index contributed by atoms with van der Waals surface area (Å²) in [5.41, 5.74) is 5.39. The second-order valence-corrected chi connectivity index (χ2v) is 9.06. The van der Waals surface area contributed by atoms with Crippen molar-refractivity contribution < 1.29 is 4.79 Å². The zero-order valence-corrected chi connectivity index (χ0v) is 16.7. The Kier molecular flexibility index (Phi) is 4.47. The summed E-state index contributed by atoms with van der Waals surface area (Å²) in [4.78, 5) is 13.7. The van der Waals surface area contributed by atoms with Crippen LogP contribution in [-0.4, -0.2) is 30.3 Å². The summed E-state index contributed by atoms with van der Waals surface area (Å²) >= 11 is 0. The average Bonchev–Trinajstić information content (AvgIpc) is 3.37. The minimum Gasteiger partial charge on any atom is -0.300 e. The van der Waals surface area contributed by atoms with Crippen molar-refractivity contribution in [3.8, 4) is 0 Å². The molecule has 2 aromatic rings. The van der Waals surface area contributed by atoms with E-state index in [1.165, 1.54) is 49.9 Å². The molecule has 1 saturated carbocycles. The zero-order chi connectivity index (χ0) is 19.1. The van der Waals surface area contributed by atoms with Crippen molar-refractivity contribution in [2.45, 2.75) is 50.0 Å². The second-order valence-electron chi connectivity index (χ2n) is 9.06. The highest BCUT2D eigenvalue weighted by atomic mass is 16.1. The lowest BCUT2D eigenvalue weighted by atomic mass is 9.68. The molecule has 2 nitrogen and oxygen atoms in total. The van der Waals surface area contributed by atoms with E-state index in [1.807, 2.05) is 12.1 Å². The van der Waals surface area contributed by atoms with E-state index in [4.69, 9.17) is 0 Å². The highest BCUT2D eigenvalue weighted by Crippen LogP contribution is 2.48. The number of piperidine rings is 1. The maximum absolute atomic E-state index is 10.9. The van der Waals surface area contributed by atoms with Gasteiger partial charge in [-0.2, -0.15) is 0 Å². The first-order valence-corrected chi connectivity index (χ1v) is 10.8. The molecule has 28 heavy (non-hydrogen) atoms. The predicted molar refractivity (Wildman–Crippen MR) is 115 cm³/mol. The molecule has 5 rings (SSSR count). The number of hydrogen-bond acceptors (Lipinski definition) is 2. The fourth-order valence-electron chi connectivity index (χ4n) is 5.99. The number of likely N-dealkylation sites (tertiary alicyclic amines) is 1. The lowest BCUT2D eigenvalue weighted by Crippen LogP contribution is -2.50. The fourth-order valence-corrected chi connectivity index (χ4v) is 5.99. The minimum atomic E-state index is 0.246. The van der Waals surface area contributed by atoms with Gasteiger partial charge in [-0.25, -0.2) is 0 Å². The summed E-state index contributed by atoms with van der Waals surface area (Å²) in [6.07, 6.45) is 10.8. The Hall–Kier alpha value is -2.19.